The molecule has 2 rings (SSSR count). The van der Waals surface area contributed by atoms with Gasteiger partial charge in [-0.1, -0.05) is 19.3 Å². The van der Waals surface area contributed by atoms with Crippen molar-refractivity contribution in [3.8, 4) is 0 Å². The molecule has 0 radical (unpaired) electrons. The van der Waals surface area contributed by atoms with Gasteiger partial charge >= 0.3 is 0 Å². The minimum atomic E-state index is 0.464. The van der Waals surface area contributed by atoms with E-state index in [1.807, 2.05) is 0 Å². The van der Waals surface area contributed by atoms with Crippen LogP contribution < -0.4 is 5.73 Å². The van der Waals surface area contributed by atoms with E-state index in [1.165, 1.54) is 32.1 Å². The second-order valence-corrected chi connectivity index (χ2v) is 4.85. The molecule has 1 saturated heterocycles. The summed E-state index contributed by atoms with van der Waals surface area (Å²) in [4.78, 5) is 2.56. The van der Waals surface area contributed by atoms with Crippen LogP contribution in [0.15, 0.2) is 0 Å². The summed E-state index contributed by atoms with van der Waals surface area (Å²) < 4.78 is 0. The molecule has 0 aromatic carbocycles. The smallest absolute Gasteiger partial charge is 0.0297 e. The van der Waals surface area contributed by atoms with E-state index in [2.05, 4.69) is 11.8 Å². The first-order chi connectivity index (χ1) is 6.27. The molecule has 2 heteroatoms. The Morgan fingerprint density at radius 3 is 2.31 bits per heavy atom. The monoisotopic (exact) mass is 182 g/mol. The fraction of sp³-hybridized carbons (Fsp3) is 1.00. The van der Waals surface area contributed by atoms with Crippen molar-refractivity contribution in [1.82, 2.24) is 4.90 Å². The molecule has 0 amide bonds. The van der Waals surface area contributed by atoms with Gasteiger partial charge in [-0.3, -0.25) is 4.90 Å². The Kier molecular flexibility index (Phi) is 2.89. The highest BCUT2D eigenvalue weighted by molar-refractivity contribution is 4.89. The summed E-state index contributed by atoms with van der Waals surface area (Å²) in [6.07, 6.45) is 7.27. The van der Waals surface area contributed by atoms with Crippen LogP contribution >= 0.6 is 0 Å². The first-order valence-electron chi connectivity index (χ1n) is 5.77. The summed E-state index contributed by atoms with van der Waals surface area (Å²) in [7, 11) is 0. The summed E-state index contributed by atoms with van der Waals surface area (Å²) in [5.41, 5.74) is 5.79. The Labute approximate surface area is 81.5 Å². The normalized spacial score (nSPS) is 30.0. The lowest BCUT2D eigenvalue weighted by Gasteiger charge is -2.45. The highest BCUT2D eigenvalue weighted by atomic mass is 15.2. The standard InChI is InChI=1S/C11H22N2/c1-9(13-7-11(12)8-13)10-5-3-2-4-6-10/h9-11H,2-8,12H2,1H3. The van der Waals surface area contributed by atoms with Crippen molar-refractivity contribution in [1.29, 1.82) is 0 Å². The van der Waals surface area contributed by atoms with Crippen LogP contribution in [0.1, 0.15) is 39.0 Å². The first kappa shape index (κ1) is 9.47. The van der Waals surface area contributed by atoms with E-state index in [0.717, 1.165) is 25.0 Å². The van der Waals surface area contributed by atoms with Crippen molar-refractivity contribution in [3.05, 3.63) is 0 Å². The second-order valence-electron chi connectivity index (χ2n) is 4.85. The number of nitrogens with zero attached hydrogens (tertiary/aromatic N) is 1. The average Bonchev–Trinajstić information content (AvgIpc) is 2.13. The fourth-order valence-electron chi connectivity index (χ4n) is 2.80. The van der Waals surface area contributed by atoms with Crippen molar-refractivity contribution in [2.24, 2.45) is 11.7 Å². The minimum Gasteiger partial charge on any atom is -0.325 e. The number of hydrogen-bond acceptors (Lipinski definition) is 2. The summed E-state index contributed by atoms with van der Waals surface area (Å²) in [6, 6.07) is 1.26. The van der Waals surface area contributed by atoms with Gasteiger partial charge in [0.25, 0.3) is 0 Å². The third kappa shape index (κ3) is 2.05. The van der Waals surface area contributed by atoms with Crippen molar-refractivity contribution < 1.29 is 0 Å². The number of nitrogens with two attached hydrogens (primary N) is 1. The summed E-state index contributed by atoms with van der Waals surface area (Å²) in [6.45, 7) is 4.66. The Hall–Kier alpha value is -0.0800. The maximum absolute atomic E-state index is 5.79. The minimum absolute atomic E-state index is 0.464. The molecule has 1 heterocycles. The maximum Gasteiger partial charge on any atom is 0.0297 e. The summed E-state index contributed by atoms with van der Waals surface area (Å²) >= 11 is 0. The highest BCUT2D eigenvalue weighted by Gasteiger charge is 2.32. The van der Waals surface area contributed by atoms with E-state index in [1.54, 1.807) is 0 Å². The van der Waals surface area contributed by atoms with Gasteiger partial charge < -0.3 is 5.73 Å². The molecule has 76 valence electrons. The predicted octanol–water partition coefficient (Wildman–Crippen LogP) is 1.60. The lowest BCUT2D eigenvalue weighted by atomic mass is 9.83. The van der Waals surface area contributed by atoms with Gasteiger partial charge in [0.15, 0.2) is 0 Å². The molecule has 0 bridgehead atoms. The third-order valence-corrected chi connectivity index (χ3v) is 3.85. The van der Waals surface area contributed by atoms with Crippen LogP contribution in [-0.4, -0.2) is 30.1 Å². The van der Waals surface area contributed by atoms with Gasteiger partial charge in [0.1, 0.15) is 0 Å². The van der Waals surface area contributed by atoms with Crippen LogP contribution in [0.5, 0.6) is 0 Å². The van der Waals surface area contributed by atoms with Gasteiger partial charge in [0.2, 0.25) is 0 Å². The van der Waals surface area contributed by atoms with Gasteiger partial charge in [-0.2, -0.15) is 0 Å². The molecule has 2 N–H and O–H groups in total. The van der Waals surface area contributed by atoms with Gasteiger partial charge in [-0.15, -0.1) is 0 Å². The highest BCUT2D eigenvalue weighted by Crippen LogP contribution is 2.30. The maximum atomic E-state index is 5.79. The zero-order chi connectivity index (χ0) is 9.26. The Bertz CT molecular complexity index is 157. The third-order valence-electron chi connectivity index (χ3n) is 3.85. The van der Waals surface area contributed by atoms with Crippen molar-refractivity contribution >= 4 is 0 Å². The van der Waals surface area contributed by atoms with Crippen molar-refractivity contribution in [2.45, 2.75) is 51.1 Å². The molecule has 1 aliphatic heterocycles. The van der Waals surface area contributed by atoms with E-state index in [4.69, 9.17) is 5.73 Å². The van der Waals surface area contributed by atoms with Crippen LogP contribution in [0, 0.1) is 5.92 Å². The Morgan fingerprint density at radius 1 is 1.15 bits per heavy atom. The van der Waals surface area contributed by atoms with Gasteiger partial charge in [-0.25, -0.2) is 0 Å². The van der Waals surface area contributed by atoms with E-state index in [0.29, 0.717) is 6.04 Å². The average molecular weight is 182 g/mol. The number of hydrogen-bond donors (Lipinski definition) is 1. The predicted molar refractivity (Wildman–Crippen MR) is 55.6 cm³/mol. The molecular weight excluding hydrogens is 160 g/mol. The molecular formula is C11H22N2. The molecule has 1 aliphatic carbocycles. The molecule has 2 nitrogen and oxygen atoms in total. The molecule has 1 atom stereocenters. The van der Waals surface area contributed by atoms with E-state index < -0.39 is 0 Å². The molecule has 13 heavy (non-hydrogen) atoms. The van der Waals surface area contributed by atoms with E-state index in [-0.39, 0.29) is 0 Å². The number of rotatable bonds is 2. The largest absolute Gasteiger partial charge is 0.325 e. The van der Waals surface area contributed by atoms with Crippen molar-refractivity contribution in [3.63, 3.8) is 0 Å². The lowest BCUT2D eigenvalue weighted by molar-refractivity contribution is 0.0567. The van der Waals surface area contributed by atoms with Crippen molar-refractivity contribution in [2.75, 3.05) is 13.1 Å². The Morgan fingerprint density at radius 2 is 1.77 bits per heavy atom. The topological polar surface area (TPSA) is 29.3 Å². The van der Waals surface area contributed by atoms with E-state index >= 15 is 0 Å². The van der Waals surface area contributed by atoms with Gasteiger partial charge in [0, 0.05) is 25.2 Å². The van der Waals surface area contributed by atoms with Crippen LogP contribution in [0.2, 0.25) is 0 Å². The summed E-state index contributed by atoms with van der Waals surface area (Å²) in [5, 5.41) is 0. The first-order valence-corrected chi connectivity index (χ1v) is 5.77. The van der Waals surface area contributed by atoms with Crippen LogP contribution in [0.4, 0.5) is 0 Å². The fourth-order valence-corrected chi connectivity index (χ4v) is 2.80. The molecule has 0 aromatic rings. The zero-order valence-corrected chi connectivity index (χ0v) is 8.71. The number of likely N-dealkylation sites (tertiary alicyclic amines) is 1. The van der Waals surface area contributed by atoms with Gasteiger partial charge in [0.05, 0.1) is 0 Å². The van der Waals surface area contributed by atoms with Crippen LogP contribution in [0.3, 0.4) is 0 Å². The van der Waals surface area contributed by atoms with Gasteiger partial charge in [-0.05, 0) is 25.7 Å². The summed E-state index contributed by atoms with van der Waals surface area (Å²) in [5.74, 6) is 0.959. The second kappa shape index (κ2) is 3.97. The Balaban J connectivity index is 1.78. The lowest BCUT2D eigenvalue weighted by Crippen LogP contribution is -2.60. The molecule has 0 spiro atoms. The quantitative estimate of drug-likeness (QED) is 0.703. The zero-order valence-electron chi connectivity index (χ0n) is 8.71. The molecule has 0 aromatic heterocycles. The molecule has 2 aliphatic rings. The molecule has 1 unspecified atom stereocenters. The van der Waals surface area contributed by atoms with Crippen LogP contribution in [0.25, 0.3) is 0 Å². The SMILES string of the molecule is CC(C1CCCCC1)N1CC(N)C1. The van der Waals surface area contributed by atoms with Crippen LogP contribution in [-0.2, 0) is 0 Å². The molecule has 1 saturated carbocycles. The van der Waals surface area contributed by atoms with E-state index in [9.17, 15) is 0 Å². The molecule has 2 fully saturated rings.